The SMILES string of the molecule is CCc1noc(CC)c1C(=O)NC1CC(C)(C)Cc2nc(-c3ccncc3)ncc21. The molecule has 30 heavy (non-hydrogen) atoms. The second kappa shape index (κ2) is 7.97. The Morgan fingerprint density at radius 2 is 2.00 bits per heavy atom. The monoisotopic (exact) mass is 405 g/mol. The van der Waals surface area contributed by atoms with Crippen LogP contribution < -0.4 is 5.32 Å². The van der Waals surface area contributed by atoms with E-state index in [0.29, 0.717) is 35.7 Å². The fraction of sp³-hybridized carbons (Fsp3) is 0.435. The smallest absolute Gasteiger partial charge is 0.257 e. The first-order valence-electron chi connectivity index (χ1n) is 10.5. The molecule has 7 nitrogen and oxygen atoms in total. The third-order valence-corrected chi connectivity index (χ3v) is 5.64. The quantitative estimate of drug-likeness (QED) is 0.687. The third-order valence-electron chi connectivity index (χ3n) is 5.64. The molecule has 1 unspecified atom stereocenters. The van der Waals surface area contributed by atoms with E-state index >= 15 is 0 Å². The molecule has 3 heterocycles. The third kappa shape index (κ3) is 3.84. The predicted molar refractivity (Wildman–Crippen MR) is 113 cm³/mol. The molecule has 0 aromatic carbocycles. The molecule has 0 bridgehead atoms. The van der Waals surface area contributed by atoms with Crippen molar-refractivity contribution in [3.63, 3.8) is 0 Å². The van der Waals surface area contributed by atoms with Crippen LogP contribution in [-0.4, -0.2) is 26.0 Å². The lowest BCUT2D eigenvalue weighted by molar-refractivity contribution is 0.0916. The number of carbonyl (C=O) groups excluding carboxylic acids is 1. The Morgan fingerprint density at radius 1 is 1.23 bits per heavy atom. The Bertz CT molecular complexity index is 1040. The Morgan fingerprint density at radius 3 is 2.70 bits per heavy atom. The zero-order chi connectivity index (χ0) is 21.3. The van der Waals surface area contributed by atoms with Crippen LogP contribution in [0.5, 0.6) is 0 Å². The number of pyridine rings is 1. The van der Waals surface area contributed by atoms with Gasteiger partial charge in [-0.3, -0.25) is 9.78 Å². The van der Waals surface area contributed by atoms with Crippen LogP contribution in [0.3, 0.4) is 0 Å². The van der Waals surface area contributed by atoms with Crippen molar-refractivity contribution >= 4 is 5.91 Å². The summed E-state index contributed by atoms with van der Waals surface area (Å²) in [6.45, 7) is 8.35. The molecule has 7 heteroatoms. The fourth-order valence-electron chi connectivity index (χ4n) is 4.15. The van der Waals surface area contributed by atoms with Gasteiger partial charge in [0.1, 0.15) is 11.3 Å². The molecule has 156 valence electrons. The van der Waals surface area contributed by atoms with Crippen LogP contribution in [0.4, 0.5) is 0 Å². The van der Waals surface area contributed by atoms with E-state index in [9.17, 15) is 4.79 Å². The lowest BCUT2D eigenvalue weighted by Gasteiger charge is -2.36. The fourth-order valence-corrected chi connectivity index (χ4v) is 4.15. The molecule has 1 atom stereocenters. The summed E-state index contributed by atoms with van der Waals surface area (Å²) in [6, 6.07) is 3.64. The van der Waals surface area contributed by atoms with Crippen molar-refractivity contribution in [1.82, 2.24) is 25.4 Å². The molecular formula is C23H27N5O2. The number of hydrogen-bond acceptors (Lipinski definition) is 6. The lowest BCUT2D eigenvalue weighted by atomic mass is 9.74. The lowest BCUT2D eigenvalue weighted by Crippen LogP contribution is -2.37. The van der Waals surface area contributed by atoms with Gasteiger partial charge < -0.3 is 9.84 Å². The van der Waals surface area contributed by atoms with Crippen LogP contribution in [0.1, 0.15) is 73.2 Å². The number of aryl methyl sites for hydroxylation is 2. The molecule has 1 aliphatic carbocycles. The molecule has 0 saturated heterocycles. The maximum Gasteiger partial charge on any atom is 0.257 e. The van der Waals surface area contributed by atoms with E-state index in [1.54, 1.807) is 12.4 Å². The van der Waals surface area contributed by atoms with Gasteiger partial charge in [0.15, 0.2) is 5.82 Å². The molecule has 0 radical (unpaired) electrons. The highest BCUT2D eigenvalue weighted by Crippen LogP contribution is 2.40. The minimum atomic E-state index is -0.160. The summed E-state index contributed by atoms with van der Waals surface area (Å²) in [7, 11) is 0. The normalized spacial score (nSPS) is 17.4. The maximum atomic E-state index is 13.2. The number of rotatable bonds is 5. The number of nitrogens with one attached hydrogen (secondary N) is 1. The van der Waals surface area contributed by atoms with Gasteiger partial charge >= 0.3 is 0 Å². The molecule has 1 amide bonds. The van der Waals surface area contributed by atoms with Crippen molar-refractivity contribution < 1.29 is 9.32 Å². The van der Waals surface area contributed by atoms with Crippen LogP contribution in [0.2, 0.25) is 0 Å². The van der Waals surface area contributed by atoms with Gasteiger partial charge in [-0.2, -0.15) is 0 Å². The Balaban J connectivity index is 1.67. The zero-order valence-electron chi connectivity index (χ0n) is 17.9. The number of amides is 1. The second-order valence-electron chi connectivity index (χ2n) is 8.54. The Kier molecular flexibility index (Phi) is 5.37. The molecule has 0 aliphatic heterocycles. The summed E-state index contributed by atoms with van der Waals surface area (Å²) >= 11 is 0. The van der Waals surface area contributed by atoms with Gasteiger partial charge in [-0.05, 0) is 36.8 Å². The average Bonchev–Trinajstić information content (AvgIpc) is 3.16. The molecule has 3 aromatic rings. The molecule has 1 aliphatic rings. The van der Waals surface area contributed by atoms with E-state index < -0.39 is 0 Å². The van der Waals surface area contributed by atoms with Crippen LogP contribution in [0, 0.1) is 5.41 Å². The highest BCUT2D eigenvalue weighted by molar-refractivity contribution is 5.96. The number of fused-ring (bicyclic) bond motifs is 1. The van der Waals surface area contributed by atoms with Gasteiger partial charge in [-0.25, -0.2) is 9.97 Å². The molecule has 3 aromatic heterocycles. The number of nitrogens with zero attached hydrogens (tertiary/aromatic N) is 4. The van der Waals surface area contributed by atoms with Crippen molar-refractivity contribution in [1.29, 1.82) is 0 Å². The van der Waals surface area contributed by atoms with Crippen molar-refractivity contribution in [3.05, 3.63) is 59.0 Å². The Hall–Kier alpha value is -3.09. The first kappa shape index (κ1) is 20.2. The maximum absolute atomic E-state index is 13.2. The average molecular weight is 406 g/mol. The van der Waals surface area contributed by atoms with Gasteiger partial charge in [0, 0.05) is 36.1 Å². The van der Waals surface area contributed by atoms with Crippen LogP contribution in [-0.2, 0) is 19.3 Å². The van der Waals surface area contributed by atoms with Crippen molar-refractivity contribution in [2.24, 2.45) is 5.41 Å². The van der Waals surface area contributed by atoms with Gasteiger partial charge in [-0.15, -0.1) is 0 Å². The van der Waals surface area contributed by atoms with Crippen LogP contribution in [0.15, 0.2) is 35.2 Å². The summed E-state index contributed by atoms with van der Waals surface area (Å²) in [5.41, 5.74) is 4.16. The van der Waals surface area contributed by atoms with Gasteiger partial charge in [0.05, 0.1) is 17.4 Å². The van der Waals surface area contributed by atoms with E-state index in [1.807, 2.05) is 32.2 Å². The standard InChI is InChI=1S/C23H27N5O2/c1-5-16-20(19(6-2)30-28-16)22(29)27-18-12-23(3,4)11-17-15(18)13-25-21(26-17)14-7-9-24-10-8-14/h7-10,13,18H,5-6,11-12H2,1-4H3,(H,27,29). The zero-order valence-corrected chi connectivity index (χ0v) is 17.9. The molecule has 0 fully saturated rings. The number of carbonyl (C=O) groups is 1. The van der Waals surface area contributed by atoms with E-state index in [0.717, 1.165) is 29.7 Å². The minimum Gasteiger partial charge on any atom is -0.360 e. The molecule has 1 N–H and O–H groups in total. The first-order valence-corrected chi connectivity index (χ1v) is 10.5. The van der Waals surface area contributed by atoms with E-state index in [4.69, 9.17) is 9.51 Å². The van der Waals surface area contributed by atoms with Crippen molar-refractivity contribution in [2.45, 2.75) is 59.4 Å². The van der Waals surface area contributed by atoms with Crippen molar-refractivity contribution in [2.75, 3.05) is 0 Å². The van der Waals surface area contributed by atoms with E-state index in [2.05, 4.69) is 34.3 Å². The van der Waals surface area contributed by atoms with Gasteiger partial charge in [0.25, 0.3) is 5.91 Å². The summed E-state index contributed by atoms with van der Waals surface area (Å²) in [4.78, 5) is 26.7. The molecular weight excluding hydrogens is 378 g/mol. The number of aromatic nitrogens is 4. The largest absolute Gasteiger partial charge is 0.360 e. The van der Waals surface area contributed by atoms with Gasteiger partial charge in [-0.1, -0.05) is 32.9 Å². The predicted octanol–water partition coefficient (Wildman–Crippen LogP) is 4.09. The summed E-state index contributed by atoms with van der Waals surface area (Å²) in [5, 5.41) is 7.28. The Labute approximate surface area is 176 Å². The highest BCUT2D eigenvalue weighted by atomic mass is 16.5. The topological polar surface area (TPSA) is 93.8 Å². The van der Waals surface area contributed by atoms with Crippen LogP contribution in [0.25, 0.3) is 11.4 Å². The summed E-state index contributed by atoms with van der Waals surface area (Å²) < 4.78 is 5.38. The molecule has 4 rings (SSSR count). The van der Waals surface area contributed by atoms with E-state index in [1.165, 1.54) is 0 Å². The molecule has 0 spiro atoms. The molecule has 0 saturated carbocycles. The van der Waals surface area contributed by atoms with Gasteiger partial charge in [0.2, 0.25) is 0 Å². The van der Waals surface area contributed by atoms with Crippen LogP contribution >= 0.6 is 0 Å². The number of hydrogen-bond donors (Lipinski definition) is 1. The van der Waals surface area contributed by atoms with E-state index in [-0.39, 0.29) is 17.4 Å². The minimum absolute atomic E-state index is 0.00460. The van der Waals surface area contributed by atoms with Crippen molar-refractivity contribution in [3.8, 4) is 11.4 Å². The highest BCUT2D eigenvalue weighted by Gasteiger charge is 2.35. The second-order valence-corrected chi connectivity index (χ2v) is 8.54. The first-order chi connectivity index (χ1) is 14.4. The summed E-state index contributed by atoms with van der Waals surface area (Å²) in [6.07, 6.45) is 8.26. The summed E-state index contributed by atoms with van der Waals surface area (Å²) in [5.74, 6) is 1.17.